The smallest absolute Gasteiger partial charge is 0.403 e. The molecule has 0 radical (unpaired) electrons. The number of aromatic nitrogens is 4. The second-order valence-electron chi connectivity index (χ2n) is 14.7. The number of fused-ring (bicyclic) bond motifs is 2. The molecule has 0 aliphatic heterocycles. The number of pyridine rings is 2. The van der Waals surface area contributed by atoms with Crippen molar-refractivity contribution < 1.29 is 50.9 Å². The Labute approximate surface area is 343 Å². The van der Waals surface area contributed by atoms with E-state index in [1.54, 1.807) is 85.6 Å². The second kappa shape index (κ2) is 16.6. The normalized spacial score (nSPS) is 13.2. The number of carbonyl (C=O) groups is 2. The highest BCUT2D eigenvalue weighted by molar-refractivity contribution is 5.99. The van der Waals surface area contributed by atoms with Gasteiger partial charge in [0, 0.05) is 71.5 Å². The van der Waals surface area contributed by atoms with Crippen molar-refractivity contribution in [2.75, 3.05) is 0 Å². The molecule has 0 spiro atoms. The highest BCUT2D eigenvalue weighted by atomic mass is 19.4. The van der Waals surface area contributed by atoms with Crippen LogP contribution in [0.5, 0.6) is 11.5 Å². The van der Waals surface area contributed by atoms with Crippen molar-refractivity contribution in [1.29, 1.82) is 0 Å². The van der Waals surface area contributed by atoms with Crippen LogP contribution in [0.15, 0.2) is 58.1 Å². The van der Waals surface area contributed by atoms with E-state index in [9.17, 15) is 55.7 Å². The van der Waals surface area contributed by atoms with Crippen molar-refractivity contribution in [3.05, 3.63) is 103 Å². The van der Waals surface area contributed by atoms with Crippen LogP contribution in [0.3, 0.4) is 0 Å². The number of aryl methyl sites for hydroxylation is 2. The van der Waals surface area contributed by atoms with E-state index in [-0.39, 0.29) is 48.4 Å². The molecule has 2 atom stereocenters. The Balaban J connectivity index is 1.36. The number of aromatic carboxylic acids is 1. The van der Waals surface area contributed by atoms with Crippen LogP contribution in [-0.4, -0.2) is 65.7 Å². The molecule has 19 heteroatoms. The third-order valence-corrected chi connectivity index (χ3v) is 10.9. The van der Waals surface area contributed by atoms with Gasteiger partial charge in [-0.3, -0.25) is 9.59 Å². The summed E-state index contributed by atoms with van der Waals surface area (Å²) in [6.45, 7) is 5.06. The number of rotatable bonds is 13. The fourth-order valence-electron chi connectivity index (χ4n) is 7.27. The van der Waals surface area contributed by atoms with Crippen molar-refractivity contribution in [3.8, 4) is 34.0 Å². The van der Waals surface area contributed by atoms with Gasteiger partial charge in [0.1, 0.15) is 17.8 Å². The maximum absolute atomic E-state index is 13.9. The lowest BCUT2D eigenvalue weighted by molar-refractivity contribution is -0.152. The van der Waals surface area contributed by atoms with Gasteiger partial charge in [-0.05, 0) is 74.2 Å². The molecule has 0 saturated carbocycles. The van der Waals surface area contributed by atoms with Crippen molar-refractivity contribution >= 4 is 33.7 Å². The van der Waals surface area contributed by atoms with Crippen LogP contribution in [0.4, 0.5) is 26.3 Å². The number of carbonyl (C=O) groups excluding carboxylic acids is 1. The third-order valence-electron chi connectivity index (χ3n) is 10.9. The third kappa shape index (κ3) is 8.52. The first-order chi connectivity index (χ1) is 28.6. The van der Waals surface area contributed by atoms with Gasteiger partial charge in [-0.2, -0.15) is 26.3 Å². The van der Waals surface area contributed by atoms with E-state index in [0.717, 1.165) is 13.8 Å². The molecule has 4 aromatic heterocycles. The first-order valence-electron chi connectivity index (χ1n) is 19.1. The molecular formula is C42H42F6N6O7. The number of nitrogens with one attached hydrogen (secondary N) is 4. The molecule has 0 aliphatic carbocycles. The number of benzene rings is 2. The summed E-state index contributed by atoms with van der Waals surface area (Å²) in [7, 11) is 3.37. The Morgan fingerprint density at radius 1 is 0.721 bits per heavy atom. The zero-order valence-corrected chi connectivity index (χ0v) is 33.7. The molecule has 13 nitrogen and oxygen atoms in total. The fraction of sp³-hybridized carbons (Fsp3) is 0.333. The number of carboxylic acid groups (broad SMARTS) is 1. The lowest BCUT2D eigenvalue weighted by Gasteiger charge is -2.17. The number of aromatic amines is 2. The molecule has 0 aliphatic rings. The Bertz CT molecular complexity index is 2820. The van der Waals surface area contributed by atoms with Crippen LogP contribution in [0, 0.1) is 0 Å². The monoisotopic (exact) mass is 856 g/mol. The molecule has 0 amide bonds. The van der Waals surface area contributed by atoms with E-state index < -0.39 is 70.1 Å². The second-order valence-corrected chi connectivity index (χ2v) is 14.7. The van der Waals surface area contributed by atoms with Gasteiger partial charge >= 0.3 is 24.3 Å². The number of carboxylic acids is 1. The molecule has 0 unspecified atom stereocenters. The van der Waals surface area contributed by atoms with Crippen LogP contribution < -0.4 is 26.5 Å². The summed E-state index contributed by atoms with van der Waals surface area (Å²) in [6.07, 6.45) is -8.81. The van der Waals surface area contributed by atoms with Gasteiger partial charge in [0.2, 0.25) is 0 Å². The molecule has 0 bridgehead atoms. The number of nitrogens with zero attached hydrogens (tertiary/aromatic N) is 2. The van der Waals surface area contributed by atoms with Crippen LogP contribution in [-0.2, 0) is 40.0 Å². The summed E-state index contributed by atoms with van der Waals surface area (Å²) in [5, 5.41) is 27.6. The van der Waals surface area contributed by atoms with Crippen molar-refractivity contribution in [3.63, 3.8) is 0 Å². The molecule has 4 heterocycles. The van der Waals surface area contributed by atoms with Crippen LogP contribution >= 0.6 is 0 Å². The minimum absolute atomic E-state index is 0.00504. The highest BCUT2D eigenvalue weighted by Gasteiger charge is 2.37. The Morgan fingerprint density at radius 2 is 1.15 bits per heavy atom. The van der Waals surface area contributed by atoms with Crippen molar-refractivity contribution in [2.24, 2.45) is 14.1 Å². The summed E-state index contributed by atoms with van der Waals surface area (Å²) in [4.78, 5) is 58.5. The predicted octanol–water partition coefficient (Wildman–Crippen LogP) is 7.21. The zero-order valence-electron chi connectivity index (χ0n) is 33.7. The predicted molar refractivity (Wildman–Crippen MR) is 215 cm³/mol. The lowest BCUT2D eigenvalue weighted by Crippen LogP contribution is -2.39. The van der Waals surface area contributed by atoms with Gasteiger partial charge in [-0.1, -0.05) is 26.0 Å². The summed E-state index contributed by atoms with van der Waals surface area (Å²) < 4.78 is 87.7. The first kappa shape index (κ1) is 44.2. The molecule has 6 N–H and O–H groups in total. The van der Waals surface area contributed by atoms with Gasteiger partial charge < -0.3 is 44.7 Å². The van der Waals surface area contributed by atoms with Crippen molar-refractivity contribution in [2.45, 2.75) is 78.1 Å². The van der Waals surface area contributed by atoms with Crippen LogP contribution in [0.2, 0.25) is 0 Å². The Kier molecular flexibility index (Phi) is 12.0. The number of ether oxygens (including phenoxy) is 1. The van der Waals surface area contributed by atoms with E-state index in [0.29, 0.717) is 44.3 Å². The number of halogens is 6. The number of esters is 1. The summed E-state index contributed by atoms with van der Waals surface area (Å²) in [6, 6.07) is 9.68. The highest BCUT2D eigenvalue weighted by Crippen LogP contribution is 2.36. The minimum atomic E-state index is -4.45. The molecule has 6 rings (SSSR count). The van der Waals surface area contributed by atoms with Crippen molar-refractivity contribution in [1.82, 2.24) is 29.7 Å². The van der Waals surface area contributed by atoms with Gasteiger partial charge in [-0.25, -0.2) is 9.59 Å². The number of alkyl halides is 6. The van der Waals surface area contributed by atoms with E-state index >= 15 is 0 Å². The minimum Gasteiger partial charge on any atom is -0.506 e. The summed E-state index contributed by atoms with van der Waals surface area (Å²) >= 11 is 0. The lowest BCUT2D eigenvalue weighted by atomic mass is 9.99. The van der Waals surface area contributed by atoms with E-state index in [1.807, 2.05) is 0 Å². The Hall–Kier alpha value is -6.34. The van der Waals surface area contributed by atoms with Gasteiger partial charge in [0.25, 0.3) is 11.1 Å². The largest absolute Gasteiger partial charge is 0.506 e. The van der Waals surface area contributed by atoms with E-state index in [4.69, 9.17) is 4.74 Å². The standard InChI is InChI=1S/C42H42F6N6O7/c1-7-27-33(21-9-11-29-23(13-21)15-25(53(29)5)17-49-19(3)41(43,44)45)51-37(56)31(35(27)55)40(60)61-36-28(8-2)34(52-38(57)32(36)39(58)59)22-10-12-30-24(14-22)16-26(54(30)6)18-50-20(4)42(46,47)48/h9-16,19-20,49-50H,7-8,17-18H2,1-6H3,(H,52,57)(H,58,59)(H2,51,55,56)/t19-,20+/m0/s1. The van der Waals surface area contributed by atoms with Gasteiger partial charge in [0.15, 0.2) is 16.9 Å². The van der Waals surface area contributed by atoms with E-state index in [2.05, 4.69) is 20.6 Å². The molecule has 2 aromatic carbocycles. The zero-order chi connectivity index (χ0) is 44.9. The topological polar surface area (TPSA) is 183 Å². The molecule has 61 heavy (non-hydrogen) atoms. The number of H-pyrrole nitrogens is 2. The SMILES string of the molecule is CCc1c(-c2ccc3c(c2)cc(CN[C@@H](C)C(F)(F)F)n3C)[nH]c(=O)c(C(=O)Oc2c(CC)c(-c3ccc4c(c3)cc(CN[C@H](C)C(F)(F)F)n4C)[nH]c(=O)c2C(=O)O)c1O. The first-order valence-corrected chi connectivity index (χ1v) is 19.1. The van der Waals surface area contributed by atoms with Crippen LogP contribution in [0.25, 0.3) is 44.3 Å². The Morgan fingerprint density at radius 3 is 1.56 bits per heavy atom. The van der Waals surface area contributed by atoms with Crippen LogP contribution in [0.1, 0.15) is 70.9 Å². The van der Waals surface area contributed by atoms with E-state index in [1.165, 1.54) is 0 Å². The molecule has 324 valence electrons. The summed E-state index contributed by atoms with van der Waals surface area (Å²) in [5.74, 6) is -4.62. The fourth-order valence-corrected chi connectivity index (χ4v) is 7.27. The quantitative estimate of drug-likeness (QED) is 0.0517. The average Bonchev–Trinajstić information content (AvgIpc) is 3.67. The number of hydrogen-bond donors (Lipinski definition) is 6. The average molecular weight is 857 g/mol. The molecular weight excluding hydrogens is 814 g/mol. The molecule has 0 fully saturated rings. The van der Waals surface area contributed by atoms with Gasteiger partial charge in [0.05, 0.1) is 11.4 Å². The maximum Gasteiger partial charge on any atom is 0.403 e. The maximum atomic E-state index is 13.9. The summed E-state index contributed by atoms with van der Waals surface area (Å²) in [5.41, 5.74) is -0.537. The number of aromatic hydroxyl groups is 1. The number of hydrogen-bond acceptors (Lipinski definition) is 8. The molecule has 0 saturated heterocycles. The molecule has 6 aromatic rings. The van der Waals surface area contributed by atoms with Gasteiger partial charge in [-0.15, -0.1) is 0 Å².